The van der Waals surface area contributed by atoms with E-state index in [1.807, 2.05) is 36.5 Å². The van der Waals surface area contributed by atoms with Gasteiger partial charge in [-0.25, -0.2) is 4.57 Å². The third kappa shape index (κ3) is 40.2. The predicted molar refractivity (Wildman–Crippen MR) is 235 cm³/mol. The summed E-state index contributed by atoms with van der Waals surface area (Å²) in [6.07, 6.45) is 46.2. The molecule has 0 radical (unpaired) electrons. The maximum Gasteiger partial charge on any atom is 0.472 e. The molecule has 0 amide bonds. The van der Waals surface area contributed by atoms with E-state index in [1.165, 1.54) is 109 Å². The largest absolute Gasteiger partial charge is 0.480 e. The average Bonchev–Trinajstić information content (AvgIpc) is 3.20. The van der Waals surface area contributed by atoms with E-state index < -0.39 is 51.1 Å². The van der Waals surface area contributed by atoms with Crippen LogP contribution in [0.4, 0.5) is 0 Å². The van der Waals surface area contributed by atoms with Crippen molar-refractivity contribution in [2.75, 3.05) is 19.8 Å². The molecule has 0 fully saturated rings. The van der Waals surface area contributed by atoms with Gasteiger partial charge in [0, 0.05) is 12.8 Å². The van der Waals surface area contributed by atoms with Gasteiger partial charge in [0.2, 0.25) is 0 Å². The van der Waals surface area contributed by atoms with Crippen molar-refractivity contribution >= 4 is 25.7 Å². The summed E-state index contributed by atoms with van der Waals surface area (Å²) < 4.78 is 32.7. The fourth-order valence-corrected chi connectivity index (χ4v) is 6.91. The first-order valence-electron chi connectivity index (χ1n) is 22.7. The van der Waals surface area contributed by atoms with Gasteiger partial charge >= 0.3 is 25.7 Å². The van der Waals surface area contributed by atoms with E-state index in [0.717, 1.165) is 44.9 Å². The number of rotatable bonds is 42. The molecule has 0 saturated carbocycles. The van der Waals surface area contributed by atoms with Crippen LogP contribution in [-0.2, 0) is 37.5 Å². The number of carbonyl (C=O) groups is 3. The second kappa shape index (κ2) is 41.2. The summed E-state index contributed by atoms with van der Waals surface area (Å²) in [6, 6.07) is -1.53. The van der Waals surface area contributed by atoms with E-state index in [1.54, 1.807) is 0 Å². The van der Waals surface area contributed by atoms with Crippen molar-refractivity contribution in [3.8, 4) is 0 Å². The first-order chi connectivity index (χ1) is 28.1. The fraction of sp³-hybridized carbons (Fsp3) is 0.761. The van der Waals surface area contributed by atoms with Gasteiger partial charge in [-0.05, 0) is 32.1 Å². The van der Waals surface area contributed by atoms with Gasteiger partial charge in [0.25, 0.3) is 0 Å². The van der Waals surface area contributed by atoms with Crippen LogP contribution >= 0.6 is 7.82 Å². The Bertz CT molecular complexity index is 1170. The average molecular weight is 840 g/mol. The topological polar surface area (TPSA) is 172 Å². The molecule has 0 aliphatic carbocycles. The lowest BCUT2D eigenvalue weighted by atomic mass is 10.0. The molecule has 0 saturated heterocycles. The monoisotopic (exact) mass is 840 g/mol. The summed E-state index contributed by atoms with van der Waals surface area (Å²) in [6.45, 7) is 2.63. The van der Waals surface area contributed by atoms with E-state index in [9.17, 15) is 23.8 Å². The number of esters is 2. The van der Waals surface area contributed by atoms with Crippen molar-refractivity contribution in [2.24, 2.45) is 5.73 Å². The van der Waals surface area contributed by atoms with Crippen molar-refractivity contribution in [3.05, 3.63) is 48.6 Å². The molecule has 0 rings (SSSR count). The lowest BCUT2D eigenvalue weighted by Crippen LogP contribution is -2.34. The van der Waals surface area contributed by atoms with E-state index >= 15 is 0 Å². The first-order valence-corrected chi connectivity index (χ1v) is 24.2. The molecular formula is C46H82NO10P. The van der Waals surface area contributed by atoms with Crippen molar-refractivity contribution in [1.82, 2.24) is 0 Å². The first kappa shape index (κ1) is 55.4. The minimum atomic E-state index is -4.73. The molecule has 12 heteroatoms. The zero-order valence-electron chi connectivity index (χ0n) is 36.4. The molecule has 0 bridgehead atoms. The standard InChI is InChI=1S/C46H82NO10P/c1-3-5-7-9-11-13-15-17-18-19-20-21-22-23-24-26-27-29-31-33-35-37-44(48)54-39-42(40-55-58(52,53)56-41-43(47)46(50)51)57-45(49)38-36-34-32-30-28-25-16-14-12-10-8-6-4-2/h6,8,10,12,14,16,25,28,42-43H,3-5,7,9,11,13,15,17-24,26-27,29-41,47H2,1-2H3,(H,50,51)(H,52,53)/b8-6+,12-10+,16-14+,28-25+/t42?,43-/m0/s1. The lowest BCUT2D eigenvalue weighted by molar-refractivity contribution is -0.161. The quantitative estimate of drug-likeness (QED) is 0.0231. The number of carboxylic acid groups (broad SMARTS) is 1. The Kier molecular flexibility index (Phi) is 39.4. The number of carboxylic acids is 1. The SMILES string of the molecule is CC/C=C/C=C/C=C/C=C/CCCCCC(=O)OC(COC(=O)CCCCCCCCCCCCCCCCCCCCCCC)COP(=O)(O)OC[C@H](N)C(=O)O. The van der Waals surface area contributed by atoms with Gasteiger partial charge in [0.1, 0.15) is 12.6 Å². The fourth-order valence-electron chi connectivity index (χ4n) is 6.14. The molecule has 58 heavy (non-hydrogen) atoms. The number of aliphatic carboxylic acids is 1. The summed E-state index contributed by atoms with van der Waals surface area (Å²) >= 11 is 0. The third-order valence-electron chi connectivity index (χ3n) is 9.69. The second-order valence-corrected chi connectivity index (χ2v) is 16.7. The molecule has 0 aliphatic rings. The Hall–Kier alpha value is -2.56. The lowest BCUT2D eigenvalue weighted by Gasteiger charge is -2.20. The molecule has 0 spiro atoms. The number of nitrogens with two attached hydrogens (primary N) is 1. The normalized spacial score (nSPS) is 14.1. The molecule has 4 N–H and O–H groups in total. The van der Waals surface area contributed by atoms with Crippen LogP contribution in [0.5, 0.6) is 0 Å². The van der Waals surface area contributed by atoms with Gasteiger partial charge in [-0.1, -0.05) is 197 Å². The second-order valence-electron chi connectivity index (χ2n) is 15.3. The summed E-state index contributed by atoms with van der Waals surface area (Å²) in [5, 5.41) is 8.89. The highest BCUT2D eigenvalue weighted by Gasteiger charge is 2.28. The van der Waals surface area contributed by atoms with E-state index in [0.29, 0.717) is 12.8 Å². The zero-order valence-corrected chi connectivity index (χ0v) is 37.3. The number of phosphoric acid groups is 1. The Labute approximate surface area is 352 Å². The van der Waals surface area contributed by atoms with E-state index in [4.69, 9.17) is 24.8 Å². The molecule has 0 aromatic rings. The van der Waals surface area contributed by atoms with Crippen LogP contribution in [0.15, 0.2) is 48.6 Å². The van der Waals surface area contributed by atoms with E-state index in [-0.39, 0.29) is 19.4 Å². The number of hydrogen-bond acceptors (Lipinski definition) is 9. The molecule has 2 unspecified atom stereocenters. The molecule has 0 aliphatic heterocycles. The highest BCUT2D eigenvalue weighted by molar-refractivity contribution is 7.47. The van der Waals surface area contributed by atoms with E-state index in [2.05, 4.69) is 30.5 Å². The number of allylic oxidation sites excluding steroid dienone is 8. The van der Waals surface area contributed by atoms with Gasteiger partial charge in [0.05, 0.1) is 13.2 Å². The van der Waals surface area contributed by atoms with Crippen LogP contribution < -0.4 is 5.73 Å². The van der Waals surface area contributed by atoms with Crippen LogP contribution in [-0.4, -0.2) is 59.9 Å². The predicted octanol–water partition coefficient (Wildman–Crippen LogP) is 12.2. The summed E-state index contributed by atoms with van der Waals surface area (Å²) in [4.78, 5) is 45.9. The molecule has 11 nitrogen and oxygen atoms in total. The van der Waals surface area contributed by atoms with Crippen molar-refractivity contribution in [3.63, 3.8) is 0 Å². The molecule has 0 aromatic carbocycles. The molecular weight excluding hydrogens is 757 g/mol. The van der Waals surface area contributed by atoms with Crippen LogP contribution in [0.25, 0.3) is 0 Å². The highest BCUT2D eigenvalue weighted by Crippen LogP contribution is 2.43. The number of hydrogen-bond donors (Lipinski definition) is 3. The molecule has 3 atom stereocenters. The molecule has 0 heterocycles. The minimum Gasteiger partial charge on any atom is -0.480 e. The Morgan fingerprint density at radius 3 is 1.45 bits per heavy atom. The zero-order chi connectivity index (χ0) is 42.8. The maximum atomic E-state index is 12.6. The van der Waals surface area contributed by atoms with Crippen LogP contribution in [0.1, 0.15) is 194 Å². The van der Waals surface area contributed by atoms with Gasteiger partial charge in [0.15, 0.2) is 6.10 Å². The third-order valence-corrected chi connectivity index (χ3v) is 10.6. The number of carbonyl (C=O) groups excluding carboxylic acids is 2. The smallest absolute Gasteiger partial charge is 0.472 e. The van der Waals surface area contributed by atoms with Crippen LogP contribution in [0.3, 0.4) is 0 Å². The number of ether oxygens (including phenoxy) is 2. The summed E-state index contributed by atoms with van der Waals surface area (Å²) in [5.74, 6) is -2.43. The van der Waals surface area contributed by atoms with Gasteiger partial charge < -0.3 is 25.2 Å². The van der Waals surface area contributed by atoms with Crippen molar-refractivity contribution in [1.29, 1.82) is 0 Å². The van der Waals surface area contributed by atoms with Gasteiger partial charge in [-0.3, -0.25) is 23.4 Å². The summed E-state index contributed by atoms with van der Waals surface area (Å²) in [7, 11) is -4.73. The van der Waals surface area contributed by atoms with Crippen LogP contribution in [0, 0.1) is 0 Å². The Morgan fingerprint density at radius 2 is 0.966 bits per heavy atom. The van der Waals surface area contributed by atoms with Crippen molar-refractivity contribution < 1.29 is 47.5 Å². The summed E-state index contributed by atoms with van der Waals surface area (Å²) in [5.41, 5.74) is 5.33. The maximum absolute atomic E-state index is 12.6. The Morgan fingerprint density at radius 1 is 0.552 bits per heavy atom. The van der Waals surface area contributed by atoms with Gasteiger partial charge in [-0.2, -0.15) is 0 Å². The minimum absolute atomic E-state index is 0.115. The molecule has 336 valence electrons. The Balaban J connectivity index is 4.28. The van der Waals surface area contributed by atoms with Gasteiger partial charge in [-0.15, -0.1) is 0 Å². The molecule has 0 aromatic heterocycles. The van der Waals surface area contributed by atoms with Crippen molar-refractivity contribution in [2.45, 2.75) is 206 Å². The highest BCUT2D eigenvalue weighted by atomic mass is 31.2. The number of unbranched alkanes of at least 4 members (excludes halogenated alkanes) is 23. The number of phosphoric ester groups is 1. The van der Waals surface area contributed by atoms with Crippen LogP contribution in [0.2, 0.25) is 0 Å².